The maximum absolute atomic E-state index is 5.34. The predicted molar refractivity (Wildman–Crippen MR) is 84.5 cm³/mol. The van der Waals surface area contributed by atoms with E-state index in [1.54, 1.807) is 0 Å². The molecule has 0 unspecified atom stereocenters. The van der Waals surface area contributed by atoms with Crippen molar-refractivity contribution in [2.24, 2.45) is 4.99 Å². The maximum atomic E-state index is 5.34. The Bertz CT molecular complexity index is 427. The Labute approximate surface area is 125 Å². The zero-order chi connectivity index (χ0) is 14.2. The Morgan fingerprint density at radius 2 is 2.15 bits per heavy atom. The molecule has 0 bridgehead atoms. The van der Waals surface area contributed by atoms with Gasteiger partial charge in [-0.15, -0.1) is 11.3 Å². The molecule has 2 heterocycles. The van der Waals surface area contributed by atoms with Crippen molar-refractivity contribution in [3.05, 3.63) is 21.9 Å². The quantitative estimate of drug-likeness (QED) is 0.630. The molecule has 2 N–H and O–H groups in total. The van der Waals surface area contributed by atoms with Gasteiger partial charge in [0.15, 0.2) is 5.96 Å². The maximum Gasteiger partial charge on any atom is 0.191 e. The number of hydrogen-bond acceptors (Lipinski definition) is 4. The highest BCUT2D eigenvalue weighted by atomic mass is 32.1. The lowest BCUT2D eigenvalue weighted by Gasteiger charge is -2.26. The van der Waals surface area contributed by atoms with Crippen LogP contribution in [0.4, 0.5) is 0 Å². The summed E-state index contributed by atoms with van der Waals surface area (Å²) >= 11 is 1.82. The Hall–Kier alpha value is -1.11. The van der Waals surface area contributed by atoms with Gasteiger partial charge in [-0.05, 0) is 19.1 Å². The fourth-order valence-electron chi connectivity index (χ4n) is 2.13. The minimum absolute atomic E-state index is 0.829. The molecule has 0 aliphatic carbocycles. The molecule has 0 atom stereocenters. The largest absolute Gasteiger partial charge is 0.379 e. The van der Waals surface area contributed by atoms with E-state index in [0.717, 1.165) is 51.9 Å². The van der Waals surface area contributed by atoms with Crippen LogP contribution >= 0.6 is 11.3 Å². The summed E-state index contributed by atoms with van der Waals surface area (Å²) in [7, 11) is 1.81. The van der Waals surface area contributed by atoms with E-state index in [1.165, 1.54) is 9.75 Å². The van der Waals surface area contributed by atoms with Crippen molar-refractivity contribution in [2.45, 2.75) is 13.5 Å². The van der Waals surface area contributed by atoms with Crippen molar-refractivity contribution in [3.63, 3.8) is 0 Å². The van der Waals surface area contributed by atoms with Crippen molar-refractivity contribution in [3.8, 4) is 0 Å². The van der Waals surface area contributed by atoms with Gasteiger partial charge in [-0.2, -0.15) is 0 Å². The second kappa shape index (κ2) is 8.24. The van der Waals surface area contributed by atoms with Crippen molar-refractivity contribution in [1.82, 2.24) is 15.5 Å². The molecule has 20 heavy (non-hydrogen) atoms. The number of ether oxygens (including phenoxy) is 1. The number of rotatable bonds is 5. The summed E-state index contributed by atoms with van der Waals surface area (Å²) in [5.74, 6) is 0.865. The standard InChI is InChI=1S/C14H24N4OS/c1-12-3-4-13(20-12)11-17-14(15-2)16-5-6-18-7-9-19-10-8-18/h3-4H,5-11H2,1-2H3,(H2,15,16,17). The van der Waals surface area contributed by atoms with Gasteiger partial charge in [-0.1, -0.05) is 0 Å². The first-order valence-electron chi connectivity index (χ1n) is 7.08. The molecule has 2 rings (SSSR count). The van der Waals surface area contributed by atoms with Gasteiger partial charge < -0.3 is 15.4 Å². The Balaban J connectivity index is 1.64. The van der Waals surface area contributed by atoms with E-state index < -0.39 is 0 Å². The van der Waals surface area contributed by atoms with Crippen LogP contribution in [0.5, 0.6) is 0 Å². The molecule has 0 radical (unpaired) electrons. The van der Waals surface area contributed by atoms with Crippen LogP contribution in [-0.4, -0.2) is 57.3 Å². The van der Waals surface area contributed by atoms with Crippen LogP contribution in [0.2, 0.25) is 0 Å². The van der Waals surface area contributed by atoms with E-state index in [2.05, 4.69) is 39.6 Å². The fraction of sp³-hybridized carbons (Fsp3) is 0.643. The number of hydrogen-bond donors (Lipinski definition) is 2. The monoisotopic (exact) mass is 296 g/mol. The average molecular weight is 296 g/mol. The number of nitrogens with one attached hydrogen (secondary N) is 2. The van der Waals surface area contributed by atoms with Crippen LogP contribution in [0.15, 0.2) is 17.1 Å². The van der Waals surface area contributed by atoms with Crippen LogP contribution in [-0.2, 0) is 11.3 Å². The van der Waals surface area contributed by atoms with Crippen LogP contribution in [0.3, 0.4) is 0 Å². The Kier molecular flexibility index (Phi) is 6.29. The summed E-state index contributed by atoms with van der Waals surface area (Å²) in [6.45, 7) is 8.66. The summed E-state index contributed by atoms with van der Waals surface area (Å²) in [5.41, 5.74) is 0. The second-order valence-corrected chi connectivity index (χ2v) is 6.19. The minimum atomic E-state index is 0.829. The molecule has 6 heteroatoms. The smallest absolute Gasteiger partial charge is 0.191 e. The van der Waals surface area contributed by atoms with E-state index in [0.29, 0.717) is 0 Å². The Morgan fingerprint density at radius 3 is 2.80 bits per heavy atom. The van der Waals surface area contributed by atoms with E-state index >= 15 is 0 Å². The van der Waals surface area contributed by atoms with Crippen molar-refractivity contribution >= 4 is 17.3 Å². The SMILES string of the molecule is CN=C(NCCN1CCOCC1)NCc1ccc(C)s1. The molecule has 112 valence electrons. The van der Waals surface area contributed by atoms with E-state index in [1.807, 2.05) is 18.4 Å². The first-order valence-corrected chi connectivity index (χ1v) is 7.89. The third kappa shape index (κ3) is 5.11. The lowest BCUT2D eigenvalue weighted by atomic mass is 10.4. The number of thiophene rings is 1. The topological polar surface area (TPSA) is 48.9 Å². The minimum Gasteiger partial charge on any atom is -0.379 e. The molecule has 0 saturated carbocycles. The van der Waals surface area contributed by atoms with Gasteiger partial charge in [0, 0.05) is 43.0 Å². The van der Waals surface area contributed by atoms with Crippen molar-refractivity contribution in [1.29, 1.82) is 0 Å². The number of nitrogens with zero attached hydrogens (tertiary/aromatic N) is 2. The molecular formula is C14H24N4OS. The molecular weight excluding hydrogens is 272 g/mol. The number of morpholine rings is 1. The number of aryl methyl sites for hydroxylation is 1. The zero-order valence-corrected chi connectivity index (χ0v) is 13.1. The van der Waals surface area contributed by atoms with Gasteiger partial charge in [0.25, 0.3) is 0 Å². The summed E-state index contributed by atoms with van der Waals surface area (Å²) < 4.78 is 5.34. The van der Waals surface area contributed by atoms with Gasteiger partial charge in [0.1, 0.15) is 0 Å². The molecule has 1 fully saturated rings. The second-order valence-electron chi connectivity index (χ2n) is 4.82. The molecule has 0 spiro atoms. The molecule has 1 aromatic heterocycles. The molecule has 1 saturated heterocycles. The highest BCUT2D eigenvalue weighted by molar-refractivity contribution is 7.11. The average Bonchev–Trinajstić information content (AvgIpc) is 2.89. The molecule has 0 aromatic carbocycles. The predicted octanol–water partition coefficient (Wildman–Crippen LogP) is 1.05. The van der Waals surface area contributed by atoms with Crippen molar-refractivity contribution < 1.29 is 4.74 Å². The highest BCUT2D eigenvalue weighted by Crippen LogP contribution is 2.14. The third-order valence-corrected chi connectivity index (χ3v) is 4.27. The molecule has 5 nitrogen and oxygen atoms in total. The summed E-state index contributed by atoms with van der Waals surface area (Å²) in [6, 6.07) is 4.31. The van der Waals surface area contributed by atoms with Gasteiger partial charge in [-0.25, -0.2) is 0 Å². The molecule has 1 aliphatic heterocycles. The van der Waals surface area contributed by atoms with Crippen LogP contribution < -0.4 is 10.6 Å². The Morgan fingerprint density at radius 1 is 1.35 bits per heavy atom. The molecule has 1 aromatic rings. The summed E-state index contributed by atoms with van der Waals surface area (Å²) in [6.07, 6.45) is 0. The lowest BCUT2D eigenvalue weighted by molar-refractivity contribution is 0.0389. The van der Waals surface area contributed by atoms with Gasteiger partial charge in [0.05, 0.1) is 19.8 Å². The van der Waals surface area contributed by atoms with Gasteiger partial charge >= 0.3 is 0 Å². The first kappa shape index (κ1) is 15.3. The number of guanidine groups is 1. The van der Waals surface area contributed by atoms with E-state index in [4.69, 9.17) is 4.74 Å². The molecule has 1 aliphatic rings. The van der Waals surface area contributed by atoms with Crippen molar-refractivity contribution in [2.75, 3.05) is 46.4 Å². The molecule has 0 amide bonds. The lowest BCUT2D eigenvalue weighted by Crippen LogP contribution is -2.44. The van der Waals surface area contributed by atoms with Gasteiger partial charge in [0.2, 0.25) is 0 Å². The van der Waals surface area contributed by atoms with E-state index in [-0.39, 0.29) is 0 Å². The van der Waals surface area contributed by atoms with E-state index in [9.17, 15) is 0 Å². The first-order chi connectivity index (χ1) is 9.78. The number of aliphatic imine (C=N–C) groups is 1. The summed E-state index contributed by atoms with van der Waals surface area (Å²) in [4.78, 5) is 9.33. The summed E-state index contributed by atoms with van der Waals surface area (Å²) in [5, 5.41) is 6.70. The third-order valence-electron chi connectivity index (χ3n) is 3.27. The zero-order valence-electron chi connectivity index (χ0n) is 12.3. The normalized spacial score (nSPS) is 17.2. The highest BCUT2D eigenvalue weighted by Gasteiger charge is 2.09. The van der Waals surface area contributed by atoms with Crippen LogP contribution in [0, 0.1) is 6.92 Å². The van der Waals surface area contributed by atoms with Crippen LogP contribution in [0.25, 0.3) is 0 Å². The fourth-order valence-corrected chi connectivity index (χ4v) is 2.96. The van der Waals surface area contributed by atoms with Gasteiger partial charge in [-0.3, -0.25) is 9.89 Å². The van der Waals surface area contributed by atoms with Crippen LogP contribution in [0.1, 0.15) is 9.75 Å².